The van der Waals surface area contributed by atoms with Gasteiger partial charge in [-0.2, -0.15) is 0 Å². The molecule has 0 radical (unpaired) electrons. The molecule has 3 rings (SSSR count). The summed E-state index contributed by atoms with van der Waals surface area (Å²) in [5.74, 6) is 0. The van der Waals surface area contributed by atoms with E-state index in [0.717, 1.165) is 12.2 Å². The molecule has 0 saturated heterocycles. The van der Waals surface area contributed by atoms with Crippen molar-refractivity contribution in [3.05, 3.63) is 45.7 Å². The predicted molar refractivity (Wildman–Crippen MR) is 78.5 cm³/mol. The molecule has 100 valence electrons. The van der Waals surface area contributed by atoms with Gasteiger partial charge in [0.05, 0.1) is 17.9 Å². The predicted octanol–water partition coefficient (Wildman–Crippen LogP) is 3.12. The number of nitrogens with zero attached hydrogens (tertiary/aromatic N) is 2. The van der Waals surface area contributed by atoms with Gasteiger partial charge in [-0.15, -0.1) is 11.3 Å². The van der Waals surface area contributed by atoms with Gasteiger partial charge in [-0.25, -0.2) is 0 Å². The van der Waals surface area contributed by atoms with Crippen molar-refractivity contribution in [1.29, 1.82) is 0 Å². The number of hydrogen-bond acceptors (Lipinski definition) is 4. The van der Waals surface area contributed by atoms with Gasteiger partial charge in [0.1, 0.15) is 0 Å². The van der Waals surface area contributed by atoms with Crippen LogP contribution in [-0.4, -0.2) is 16.5 Å². The third-order valence-corrected chi connectivity index (χ3v) is 4.89. The lowest BCUT2D eigenvalue weighted by atomic mass is 9.98. The number of fused-ring (bicyclic) bond motifs is 1. The summed E-state index contributed by atoms with van der Waals surface area (Å²) in [4.78, 5) is 11.6. The maximum Gasteiger partial charge on any atom is 0.0860 e. The van der Waals surface area contributed by atoms with Crippen molar-refractivity contribution in [2.45, 2.75) is 38.6 Å². The molecule has 1 atom stereocenters. The smallest absolute Gasteiger partial charge is 0.0860 e. The number of nitrogens with one attached hydrogen (secondary N) is 1. The average Bonchev–Trinajstić information content (AvgIpc) is 2.89. The minimum atomic E-state index is 0.189. The summed E-state index contributed by atoms with van der Waals surface area (Å²) in [5, 5.41) is 3.53. The molecule has 2 aromatic rings. The molecular weight excluding hydrogens is 254 g/mol. The first-order chi connectivity index (χ1) is 9.38. The fourth-order valence-electron chi connectivity index (χ4n) is 2.67. The quantitative estimate of drug-likeness (QED) is 0.930. The fourth-order valence-corrected chi connectivity index (χ4v) is 4.02. The Morgan fingerprint density at radius 2 is 2.21 bits per heavy atom. The normalized spacial score (nSPS) is 16.1. The summed E-state index contributed by atoms with van der Waals surface area (Å²) in [7, 11) is 0. The van der Waals surface area contributed by atoms with Gasteiger partial charge in [0.2, 0.25) is 0 Å². The molecule has 1 N–H and O–H groups in total. The summed E-state index contributed by atoms with van der Waals surface area (Å²) in [5.41, 5.74) is 2.57. The molecule has 0 fully saturated rings. The highest BCUT2D eigenvalue weighted by Crippen LogP contribution is 2.34. The first-order valence-electron chi connectivity index (χ1n) is 6.99. The van der Waals surface area contributed by atoms with Gasteiger partial charge in [0.15, 0.2) is 0 Å². The van der Waals surface area contributed by atoms with Crippen LogP contribution in [0, 0.1) is 0 Å². The lowest BCUT2D eigenvalue weighted by Gasteiger charge is -2.15. The highest BCUT2D eigenvalue weighted by molar-refractivity contribution is 7.12. The van der Waals surface area contributed by atoms with Crippen molar-refractivity contribution in [2.24, 2.45) is 0 Å². The van der Waals surface area contributed by atoms with Crippen LogP contribution in [0.1, 0.15) is 46.8 Å². The molecule has 0 aliphatic heterocycles. The van der Waals surface area contributed by atoms with Crippen LogP contribution in [-0.2, 0) is 12.8 Å². The Morgan fingerprint density at radius 3 is 2.95 bits per heavy atom. The number of aryl methyl sites for hydroxylation is 2. The minimum absolute atomic E-state index is 0.189. The summed E-state index contributed by atoms with van der Waals surface area (Å²) in [6, 6.07) is 2.57. The maximum absolute atomic E-state index is 4.46. The van der Waals surface area contributed by atoms with E-state index in [1.165, 1.54) is 30.6 Å². The van der Waals surface area contributed by atoms with Crippen LogP contribution in [0.15, 0.2) is 24.7 Å². The van der Waals surface area contributed by atoms with E-state index < -0.39 is 0 Å². The SMILES string of the molecule is CCNC(c1cnccn1)c1cc2c(s1)CCCC2. The van der Waals surface area contributed by atoms with Crippen LogP contribution < -0.4 is 5.32 Å². The van der Waals surface area contributed by atoms with E-state index in [-0.39, 0.29) is 6.04 Å². The van der Waals surface area contributed by atoms with Gasteiger partial charge in [0, 0.05) is 22.1 Å². The first kappa shape index (κ1) is 12.8. The molecule has 1 unspecified atom stereocenters. The minimum Gasteiger partial charge on any atom is -0.305 e. The number of thiophene rings is 1. The van der Waals surface area contributed by atoms with Crippen LogP contribution in [0.5, 0.6) is 0 Å². The topological polar surface area (TPSA) is 37.8 Å². The van der Waals surface area contributed by atoms with E-state index in [1.54, 1.807) is 22.8 Å². The highest BCUT2D eigenvalue weighted by atomic mass is 32.1. The van der Waals surface area contributed by atoms with Crippen LogP contribution in [0.4, 0.5) is 0 Å². The second-order valence-corrected chi connectivity index (χ2v) is 6.09. The van der Waals surface area contributed by atoms with Crippen LogP contribution in [0.2, 0.25) is 0 Å². The third kappa shape index (κ3) is 2.69. The maximum atomic E-state index is 4.46. The Labute approximate surface area is 118 Å². The number of rotatable bonds is 4. The lowest BCUT2D eigenvalue weighted by Crippen LogP contribution is -2.22. The van der Waals surface area contributed by atoms with Gasteiger partial charge < -0.3 is 5.32 Å². The van der Waals surface area contributed by atoms with E-state index in [2.05, 4.69) is 28.3 Å². The van der Waals surface area contributed by atoms with Gasteiger partial charge in [0.25, 0.3) is 0 Å². The van der Waals surface area contributed by atoms with Crippen molar-refractivity contribution in [1.82, 2.24) is 15.3 Å². The number of aromatic nitrogens is 2. The Bertz CT molecular complexity index is 512. The summed E-state index contributed by atoms with van der Waals surface area (Å²) in [6.07, 6.45) is 10.5. The van der Waals surface area contributed by atoms with Crippen LogP contribution in [0.25, 0.3) is 0 Å². The van der Waals surface area contributed by atoms with Gasteiger partial charge >= 0.3 is 0 Å². The molecule has 1 aliphatic carbocycles. The van der Waals surface area contributed by atoms with Gasteiger partial charge in [-0.3, -0.25) is 9.97 Å². The molecule has 1 aliphatic rings. The molecule has 0 spiro atoms. The van der Waals surface area contributed by atoms with Crippen molar-refractivity contribution in [2.75, 3.05) is 6.54 Å². The zero-order valence-corrected chi connectivity index (χ0v) is 12.0. The average molecular weight is 273 g/mol. The lowest BCUT2D eigenvalue weighted by molar-refractivity contribution is 0.620. The van der Waals surface area contributed by atoms with Gasteiger partial charge in [-0.1, -0.05) is 6.92 Å². The Morgan fingerprint density at radius 1 is 1.32 bits per heavy atom. The van der Waals surface area contributed by atoms with Crippen LogP contribution in [0.3, 0.4) is 0 Å². The molecule has 2 aromatic heterocycles. The zero-order valence-electron chi connectivity index (χ0n) is 11.2. The summed E-state index contributed by atoms with van der Waals surface area (Å²) in [6.45, 7) is 3.07. The molecule has 0 saturated carbocycles. The Kier molecular flexibility index (Phi) is 3.89. The standard InChI is InChI=1S/C15H19N3S/c1-2-17-15(12-10-16-7-8-18-12)14-9-11-5-3-4-6-13(11)19-14/h7-10,15,17H,2-6H2,1H3. The zero-order chi connectivity index (χ0) is 13.1. The number of hydrogen-bond donors (Lipinski definition) is 1. The fraction of sp³-hybridized carbons (Fsp3) is 0.467. The monoisotopic (exact) mass is 273 g/mol. The molecule has 0 bridgehead atoms. The summed E-state index contributed by atoms with van der Waals surface area (Å²) < 4.78 is 0. The van der Waals surface area contributed by atoms with Crippen molar-refractivity contribution >= 4 is 11.3 Å². The first-order valence-corrected chi connectivity index (χ1v) is 7.81. The molecular formula is C15H19N3S. The van der Waals surface area contributed by atoms with Crippen molar-refractivity contribution < 1.29 is 0 Å². The Balaban J connectivity index is 1.94. The van der Waals surface area contributed by atoms with Crippen LogP contribution >= 0.6 is 11.3 Å². The third-order valence-electron chi connectivity index (χ3n) is 3.59. The van der Waals surface area contributed by atoms with E-state index in [0.29, 0.717) is 0 Å². The van der Waals surface area contributed by atoms with E-state index in [1.807, 2.05) is 17.5 Å². The molecule has 0 aromatic carbocycles. The summed E-state index contributed by atoms with van der Waals surface area (Å²) >= 11 is 1.95. The second-order valence-electron chi connectivity index (χ2n) is 4.93. The molecule has 19 heavy (non-hydrogen) atoms. The van der Waals surface area contributed by atoms with Crippen molar-refractivity contribution in [3.63, 3.8) is 0 Å². The van der Waals surface area contributed by atoms with Gasteiger partial charge in [-0.05, 0) is 43.9 Å². The largest absolute Gasteiger partial charge is 0.305 e. The second kappa shape index (κ2) is 5.80. The van der Waals surface area contributed by atoms with Crippen molar-refractivity contribution in [3.8, 4) is 0 Å². The highest BCUT2D eigenvalue weighted by Gasteiger charge is 2.20. The van der Waals surface area contributed by atoms with E-state index in [9.17, 15) is 0 Å². The van der Waals surface area contributed by atoms with E-state index >= 15 is 0 Å². The molecule has 2 heterocycles. The Hall–Kier alpha value is -1.26. The molecule has 3 nitrogen and oxygen atoms in total. The molecule has 4 heteroatoms. The molecule has 0 amide bonds. The van der Waals surface area contributed by atoms with E-state index in [4.69, 9.17) is 0 Å².